The SMILES string of the molecule is COC(=O)c1ccccc1NS(=O)(=O)c1ccc(C(F)(F)F)cc1. The maximum Gasteiger partial charge on any atom is 0.416 e. The molecule has 0 saturated carbocycles. The number of ether oxygens (including phenoxy) is 1. The molecule has 0 heterocycles. The van der Waals surface area contributed by atoms with Crippen molar-refractivity contribution in [2.24, 2.45) is 0 Å². The fourth-order valence-electron chi connectivity index (χ4n) is 1.89. The quantitative estimate of drug-likeness (QED) is 0.851. The van der Waals surface area contributed by atoms with Crippen LogP contribution < -0.4 is 4.72 Å². The van der Waals surface area contributed by atoms with Crippen molar-refractivity contribution in [3.63, 3.8) is 0 Å². The predicted molar refractivity (Wildman–Crippen MR) is 80.0 cm³/mol. The Morgan fingerprint density at radius 3 is 2.17 bits per heavy atom. The third-order valence-corrected chi connectivity index (χ3v) is 4.45. The number of alkyl halides is 3. The van der Waals surface area contributed by atoms with Crippen molar-refractivity contribution in [3.8, 4) is 0 Å². The molecule has 24 heavy (non-hydrogen) atoms. The minimum absolute atomic E-state index is 0.0181. The topological polar surface area (TPSA) is 72.5 Å². The summed E-state index contributed by atoms with van der Waals surface area (Å²) in [5.74, 6) is -0.749. The molecule has 5 nitrogen and oxygen atoms in total. The van der Waals surface area contributed by atoms with Crippen LogP contribution in [-0.4, -0.2) is 21.5 Å². The number of hydrogen-bond acceptors (Lipinski definition) is 4. The van der Waals surface area contributed by atoms with Crippen LogP contribution in [0.5, 0.6) is 0 Å². The van der Waals surface area contributed by atoms with Crippen LogP contribution in [0.25, 0.3) is 0 Å². The van der Waals surface area contributed by atoms with E-state index in [1.54, 1.807) is 0 Å². The fraction of sp³-hybridized carbons (Fsp3) is 0.133. The summed E-state index contributed by atoms with van der Waals surface area (Å²) in [5, 5.41) is 0. The van der Waals surface area contributed by atoms with Crippen molar-refractivity contribution in [1.29, 1.82) is 0 Å². The summed E-state index contributed by atoms with van der Waals surface area (Å²) >= 11 is 0. The van der Waals surface area contributed by atoms with Gasteiger partial charge >= 0.3 is 12.1 Å². The molecule has 9 heteroatoms. The number of esters is 1. The van der Waals surface area contributed by atoms with Gasteiger partial charge in [-0.05, 0) is 36.4 Å². The van der Waals surface area contributed by atoms with Crippen molar-refractivity contribution in [1.82, 2.24) is 0 Å². The van der Waals surface area contributed by atoms with Gasteiger partial charge < -0.3 is 4.74 Å². The number of benzene rings is 2. The smallest absolute Gasteiger partial charge is 0.416 e. The second kappa shape index (κ2) is 6.52. The van der Waals surface area contributed by atoms with Crippen LogP contribution in [0.4, 0.5) is 18.9 Å². The molecule has 0 aliphatic heterocycles. The maximum absolute atomic E-state index is 12.5. The molecule has 0 bridgehead atoms. The van der Waals surface area contributed by atoms with Gasteiger partial charge in [-0.3, -0.25) is 4.72 Å². The van der Waals surface area contributed by atoms with E-state index >= 15 is 0 Å². The van der Waals surface area contributed by atoms with E-state index in [0.29, 0.717) is 12.1 Å². The number of nitrogens with one attached hydrogen (secondary N) is 1. The van der Waals surface area contributed by atoms with Crippen LogP contribution in [0.15, 0.2) is 53.4 Å². The highest BCUT2D eigenvalue weighted by molar-refractivity contribution is 7.92. The van der Waals surface area contributed by atoms with Gasteiger partial charge in [0.25, 0.3) is 10.0 Å². The fourth-order valence-corrected chi connectivity index (χ4v) is 2.97. The minimum atomic E-state index is -4.56. The van der Waals surface area contributed by atoms with Crippen LogP contribution in [0, 0.1) is 0 Å². The third-order valence-electron chi connectivity index (χ3n) is 3.07. The lowest BCUT2D eigenvalue weighted by Gasteiger charge is -2.12. The maximum atomic E-state index is 12.5. The number of rotatable bonds is 4. The molecule has 0 saturated heterocycles. The molecular weight excluding hydrogens is 347 g/mol. The van der Waals surface area contributed by atoms with Gasteiger partial charge in [0.2, 0.25) is 0 Å². The van der Waals surface area contributed by atoms with Crippen LogP contribution >= 0.6 is 0 Å². The minimum Gasteiger partial charge on any atom is -0.465 e. The largest absolute Gasteiger partial charge is 0.465 e. The van der Waals surface area contributed by atoms with Crippen LogP contribution in [0.2, 0.25) is 0 Å². The Kier molecular flexibility index (Phi) is 4.83. The molecule has 0 radical (unpaired) electrons. The van der Waals surface area contributed by atoms with E-state index in [1.807, 2.05) is 0 Å². The van der Waals surface area contributed by atoms with Gasteiger partial charge in [-0.2, -0.15) is 13.2 Å². The Hall–Kier alpha value is -2.55. The number of halogens is 3. The summed E-state index contributed by atoms with van der Waals surface area (Å²) in [7, 11) is -3.02. The Morgan fingerprint density at radius 1 is 1.04 bits per heavy atom. The van der Waals surface area contributed by atoms with Gasteiger partial charge in [-0.25, -0.2) is 13.2 Å². The summed E-state index contributed by atoms with van der Waals surface area (Å²) in [6, 6.07) is 8.73. The second-order valence-electron chi connectivity index (χ2n) is 4.66. The molecule has 0 spiro atoms. The Bertz CT molecular complexity index is 846. The summed E-state index contributed by atoms with van der Waals surface area (Å²) in [6.07, 6.45) is -4.56. The molecule has 2 aromatic carbocycles. The van der Waals surface area contributed by atoms with E-state index in [2.05, 4.69) is 9.46 Å². The molecule has 0 aliphatic rings. The number of sulfonamides is 1. The van der Waals surface area contributed by atoms with Gasteiger partial charge in [0.05, 0.1) is 28.8 Å². The van der Waals surface area contributed by atoms with E-state index in [1.165, 1.54) is 24.3 Å². The zero-order valence-electron chi connectivity index (χ0n) is 12.3. The average molecular weight is 359 g/mol. The van der Waals surface area contributed by atoms with E-state index < -0.39 is 27.7 Å². The number of methoxy groups -OCH3 is 1. The normalized spacial score (nSPS) is 11.8. The predicted octanol–water partition coefficient (Wildman–Crippen LogP) is 3.29. The van der Waals surface area contributed by atoms with Crippen LogP contribution in [-0.2, 0) is 20.9 Å². The average Bonchev–Trinajstić information content (AvgIpc) is 2.53. The Morgan fingerprint density at radius 2 is 1.62 bits per heavy atom. The van der Waals surface area contributed by atoms with Gasteiger partial charge in [0.15, 0.2) is 0 Å². The molecule has 0 aromatic heterocycles. The van der Waals surface area contributed by atoms with E-state index in [0.717, 1.165) is 19.2 Å². The van der Waals surface area contributed by atoms with Gasteiger partial charge in [-0.1, -0.05) is 12.1 Å². The lowest BCUT2D eigenvalue weighted by Crippen LogP contribution is -2.16. The first-order valence-electron chi connectivity index (χ1n) is 6.52. The molecule has 128 valence electrons. The highest BCUT2D eigenvalue weighted by Gasteiger charge is 2.30. The molecule has 0 atom stereocenters. The third kappa shape index (κ3) is 3.85. The lowest BCUT2D eigenvalue weighted by molar-refractivity contribution is -0.137. The summed E-state index contributed by atoms with van der Waals surface area (Å²) in [6.45, 7) is 0. The van der Waals surface area contributed by atoms with Crippen molar-refractivity contribution in [2.45, 2.75) is 11.1 Å². The van der Waals surface area contributed by atoms with Crippen LogP contribution in [0.1, 0.15) is 15.9 Å². The number of para-hydroxylation sites is 1. The van der Waals surface area contributed by atoms with E-state index in [-0.39, 0.29) is 16.1 Å². The van der Waals surface area contributed by atoms with Crippen molar-refractivity contribution < 1.29 is 31.1 Å². The monoisotopic (exact) mass is 359 g/mol. The summed E-state index contributed by atoms with van der Waals surface area (Å²) in [4.78, 5) is 11.3. The zero-order valence-corrected chi connectivity index (χ0v) is 13.1. The molecule has 0 unspecified atom stereocenters. The van der Waals surface area contributed by atoms with E-state index in [9.17, 15) is 26.4 Å². The van der Waals surface area contributed by atoms with Gasteiger partial charge in [-0.15, -0.1) is 0 Å². The highest BCUT2D eigenvalue weighted by Crippen LogP contribution is 2.30. The van der Waals surface area contributed by atoms with Crippen molar-refractivity contribution in [2.75, 3.05) is 11.8 Å². The first kappa shape index (κ1) is 17.8. The molecular formula is C15H12F3NO4S. The van der Waals surface area contributed by atoms with Gasteiger partial charge in [0.1, 0.15) is 0 Å². The van der Waals surface area contributed by atoms with E-state index in [4.69, 9.17) is 0 Å². The van der Waals surface area contributed by atoms with Crippen LogP contribution in [0.3, 0.4) is 0 Å². The molecule has 0 aliphatic carbocycles. The Labute approximate surface area is 136 Å². The first-order chi connectivity index (χ1) is 11.1. The second-order valence-corrected chi connectivity index (χ2v) is 6.35. The summed E-state index contributed by atoms with van der Waals surface area (Å²) in [5.41, 5.74) is -1.02. The van der Waals surface area contributed by atoms with Gasteiger partial charge in [0, 0.05) is 0 Å². The standard InChI is InChI=1S/C15H12F3NO4S/c1-23-14(20)12-4-2-3-5-13(12)19-24(21,22)11-8-6-10(7-9-11)15(16,17)18/h2-9,19H,1H3. The zero-order chi connectivity index (χ0) is 18.0. The molecule has 0 amide bonds. The molecule has 2 aromatic rings. The number of carbonyl (C=O) groups is 1. The number of anilines is 1. The Balaban J connectivity index is 2.34. The first-order valence-corrected chi connectivity index (χ1v) is 8.01. The number of carbonyl (C=O) groups excluding carboxylic acids is 1. The lowest BCUT2D eigenvalue weighted by atomic mass is 10.2. The van der Waals surface area contributed by atoms with Crippen molar-refractivity contribution in [3.05, 3.63) is 59.7 Å². The molecule has 2 rings (SSSR count). The number of hydrogen-bond donors (Lipinski definition) is 1. The summed E-state index contributed by atoms with van der Waals surface area (Å²) < 4.78 is 68.9. The molecule has 1 N–H and O–H groups in total. The highest BCUT2D eigenvalue weighted by atomic mass is 32.2. The van der Waals surface area contributed by atoms with Crippen molar-refractivity contribution >= 4 is 21.7 Å². The molecule has 0 fully saturated rings.